The van der Waals surface area contributed by atoms with Gasteiger partial charge in [-0.3, -0.25) is 14.0 Å². The third kappa shape index (κ3) is 3.66. The van der Waals surface area contributed by atoms with Crippen molar-refractivity contribution in [1.29, 1.82) is 0 Å². The van der Waals surface area contributed by atoms with Crippen molar-refractivity contribution < 1.29 is 14.0 Å². The van der Waals surface area contributed by atoms with Crippen molar-refractivity contribution in [1.82, 2.24) is 9.38 Å². The predicted molar refractivity (Wildman–Crippen MR) is 104 cm³/mol. The minimum Gasteiger partial charge on any atom is -0.322 e. The third-order valence-corrected chi connectivity index (χ3v) is 4.37. The van der Waals surface area contributed by atoms with Crippen molar-refractivity contribution in [3.05, 3.63) is 102 Å². The van der Waals surface area contributed by atoms with Gasteiger partial charge >= 0.3 is 0 Å². The molecule has 1 amide bonds. The van der Waals surface area contributed by atoms with Crippen molar-refractivity contribution >= 4 is 23.0 Å². The molecule has 4 rings (SSSR count). The van der Waals surface area contributed by atoms with E-state index in [1.807, 2.05) is 30.3 Å². The molecule has 138 valence electrons. The number of hydrogen-bond acceptors (Lipinski definition) is 3. The molecule has 2 heterocycles. The smallest absolute Gasteiger partial charge is 0.255 e. The van der Waals surface area contributed by atoms with E-state index in [4.69, 9.17) is 0 Å². The zero-order valence-electron chi connectivity index (χ0n) is 14.8. The Morgan fingerprint density at radius 1 is 0.964 bits per heavy atom. The summed E-state index contributed by atoms with van der Waals surface area (Å²) in [7, 11) is 0. The van der Waals surface area contributed by atoms with Crippen LogP contribution in [0.1, 0.15) is 26.4 Å². The number of imidazole rings is 1. The predicted octanol–water partition coefficient (Wildman–Crippen LogP) is 4.15. The first-order valence-corrected chi connectivity index (χ1v) is 8.71. The van der Waals surface area contributed by atoms with Gasteiger partial charge in [0.05, 0.1) is 6.20 Å². The van der Waals surface area contributed by atoms with Crippen LogP contribution in [0.15, 0.2) is 79.1 Å². The van der Waals surface area contributed by atoms with E-state index in [9.17, 15) is 14.0 Å². The van der Waals surface area contributed by atoms with Crippen LogP contribution in [-0.4, -0.2) is 21.1 Å². The van der Waals surface area contributed by atoms with Crippen molar-refractivity contribution in [3.63, 3.8) is 0 Å². The number of benzene rings is 2. The number of aromatic nitrogens is 2. The molecule has 5 nitrogen and oxygen atoms in total. The monoisotopic (exact) mass is 373 g/mol. The largest absolute Gasteiger partial charge is 0.322 e. The van der Waals surface area contributed by atoms with Gasteiger partial charge in [0.25, 0.3) is 5.91 Å². The van der Waals surface area contributed by atoms with Gasteiger partial charge < -0.3 is 5.32 Å². The van der Waals surface area contributed by atoms with Crippen molar-refractivity contribution in [3.8, 4) is 0 Å². The first kappa shape index (κ1) is 17.6. The second-order valence-electron chi connectivity index (χ2n) is 6.34. The van der Waals surface area contributed by atoms with Gasteiger partial charge in [-0.15, -0.1) is 0 Å². The molecular weight excluding hydrogens is 357 g/mol. The van der Waals surface area contributed by atoms with Crippen LogP contribution in [0, 0.1) is 5.82 Å². The maximum absolute atomic E-state index is 13.5. The molecule has 0 aliphatic heterocycles. The van der Waals surface area contributed by atoms with E-state index in [-0.39, 0.29) is 18.1 Å². The lowest BCUT2D eigenvalue weighted by Gasteiger charge is -2.06. The molecule has 0 saturated heterocycles. The van der Waals surface area contributed by atoms with Gasteiger partial charge in [0.2, 0.25) is 0 Å². The number of Topliss-reactive ketones (excluding diaryl/α,β-unsaturated/α-hetero) is 1. The second-order valence-corrected chi connectivity index (χ2v) is 6.34. The fraction of sp³-hybridized carbons (Fsp3) is 0.0455. The number of rotatable bonds is 5. The van der Waals surface area contributed by atoms with E-state index in [1.54, 1.807) is 24.3 Å². The first-order chi connectivity index (χ1) is 13.6. The summed E-state index contributed by atoms with van der Waals surface area (Å²) >= 11 is 0. The molecule has 0 bridgehead atoms. The molecule has 2 aromatic carbocycles. The molecule has 0 radical (unpaired) electrons. The highest BCUT2D eigenvalue weighted by Crippen LogP contribution is 2.14. The normalized spacial score (nSPS) is 10.8. The molecule has 2 aromatic heterocycles. The van der Waals surface area contributed by atoms with Crippen molar-refractivity contribution in [2.45, 2.75) is 6.42 Å². The zero-order valence-corrected chi connectivity index (χ0v) is 14.8. The Hall–Kier alpha value is -3.80. The molecule has 1 N–H and O–H groups in total. The molecule has 0 saturated carbocycles. The molecule has 0 unspecified atom stereocenters. The summed E-state index contributed by atoms with van der Waals surface area (Å²) in [6, 6.07) is 18.8. The summed E-state index contributed by atoms with van der Waals surface area (Å²) in [5, 5.41) is 2.81. The fourth-order valence-corrected chi connectivity index (χ4v) is 2.94. The molecule has 0 fully saturated rings. The Morgan fingerprint density at radius 2 is 1.71 bits per heavy atom. The number of anilines is 1. The highest BCUT2D eigenvalue weighted by Gasteiger charge is 2.14. The zero-order chi connectivity index (χ0) is 19.5. The molecule has 0 atom stereocenters. The van der Waals surface area contributed by atoms with E-state index in [0.717, 1.165) is 5.56 Å². The Balaban J connectivity index is 1.47. The number of halogens is 1. The van der Waals surface area contributed by atoms with Crippen LogP contribution in [-0.2, 0) is 6.42 Å². The molecule has 0 spiro atoms. The van der Waals surface area contributed by atoms with E-state index in [0.29, 0.717) is 22.6 Å². The number of nitrogens with one attached hydrogen (secondary N) is 1. The topological polar surface area (TPSA) is 63.5 Å². The SMILES string of the molecule is O=C(Nc1ccccc1)c1ccc(CC(=O)c2cnc3ccc(F)cn23)cc1. The van der Waals surface area contributed by atoms with Gasteiger partial charge in [0.15, 0.2) is 5.78 Å². The number of carbonyl (C=O) groups excluding carboxylic acids is 2. The van der Waals surface area contributed by atoms with Crippen LogP contribution in [0.25, 0.3) is 5.65 Å². The molecule has 28 heavy (non-hydrogen) atoms. The van der Waals surface area contributed by atoms with Crippen molar-refractivity contribution in [2.75, 3.05) is 5.32 Å². The molecule has 0 aliphatic rings. The number of ketones is 1. The molecular formula is C22H16FN3O2. The van der Waals surface area contributed by atoms with Gasteiger partial charge in [0, 0.05) is 23.9 Å². The first-order valence-electron chi connectivity index (χ1n) is 8.71. The lowest BCUT2D eigenvalue weighted by molar-refractivity contribution is 0.0986. The number of carbonyl (C=O) groups is 2. The highest BCUT2D eigenvalue weighted by atomic mass is 19.1. The molecule has 0 aliphatic carbocycles. The van der Waals surface area contributed by atoms with Crippen LogP contribution in [0.3, 0.4) is 0 Å². The summed E-state index contributed by atoms with van der Waals surface area (Å²) in [5.74, 6) is -0.839. The summed E-state index contributed by atoms with van der Waals surface area (Å²) in [5.41, 5.74) is 2.80. The van der Waals surface area contributed by atoms with E-state index in [1.165, 1.54) is 28.9 Å². The lowest BCUT2D eigenvalue weighted by Crippen LogP contribution is -2.12. The molecule has 4 aromatic rings. The Labute approximate surface area is 160 Å². The van der Waals surface area contributed by atoms with Crippen LogP contribution in [0.4, 0.5) is 10.1 Å². The van der Waals surface area contributed by atoms with E-state index in [2.05, 4.69) is 10.3 Å². The number of amides is 1. The summed E-state index contributed by atoms with van der Waals surface area (Å²) in [6.07, 6.45) is 2.82. The lowest BCUT2D eigenvalue weighted by atomic mass is 10.0. The van der Waals surface area contributed by atoms with Gasteiger partial charge in [0.1, 0.15) is 17.2 Å². The van der Waals surface area contributed by atoms with Gasteiger partial charge in [-0.25, -0.2) is 9.37 Å². The van der Waals surface area contributed by atoms with Crippen molar-refractivity contribution in [2.24, 2.45) is 0 Å². The van der Waals surface area contributed by atoms with E-state index >= 15 is 0 Å². The molecule has 6 heteroatoms. The maximum Gasteiger partial charge on any atom is 0.255 e. The summed E-state index contributed by atoms with van der Waals surface area (Å²) in [4.78, 5) is 29.0. The number of pyridine rings is 1. The average Bonchev–Trinajstić information content (AvgIpc) is 3.12. The maximum atomic E-state index is 13.5. The van der Waals surface area contributed by atoms with Gasteiger partial charge in [-0.05, 0) is 42.0 Å². The van der Waals surface area contributed by atoms with Crippen LogP contribution >= 0.6 is 0 Å². The number of hydrogen-bond donors (Lipinski definition) is 1. The van der Waals surface area contributed by atoms with Crippen LogP contribution in [0.2, 0.25) is 0 Å². The van der Waals surface area contributed by atoms with E-state index < -0.39 is 5.82 Å². The minimum atomic E-state index is -0.437. The minimum absolute atomic E-state index is 0.130. The number of fused-ring (bicyclic) bond motifs is 1. The van der Waals surface area contributed by atoms with Gasteiger partial charge in [-0.2, -0.15) is 0 Å². The Bertz CT molecular complexity index is 1150. The summed E-state index contributed by atoms with van der Waals surface area (Å²) < 4.78 is 14.9. The summed E-state index contributed by atoms with van der Waals surface area (Å²) in [6.45, 7) is 0. The van der Waals surface area contributed by atoms with Crippen LogP contribution < -0.4 is 5.32 Å². The number of para-hydroxylation sites is 1. The standard InChI is InChI=1S/C22H16FN3O2/c23-17-10-11-21-24-13-19(26(21)14-17)20(27)12-15-6-8-16(9-7-15)22(28)25-18-4-2-1-3-5-18/h1-11,13-14H,12H2,(H,25,28). The Morgan fingerprint density at radius 3 is 2.46 bits per heavy atom. The van der Waals surface area contributed by atoms with Crippen LogP contribution in [0.5, 0.6) is 0 Å². The highest BCUT2D eigenvalue weighted by molar-refractivity contribution is 6.04. The second kappa shape index (κ2) is 7.44. The Kier molecular flexibility index (Phi) is 4.68. The quantitative estimate of drug-likeness (QED) is 0.535. The fourth-order valence-electron chi connectivity index (χ4n) is 2.94. The van der Waals surface area contributed by atoms with Gasteiger partial charge in [-0.1, -0.05) is 30.3 Å². The number of nitrogens with zero attached hydrogens (tertiary/aromatic N) is 2. The average molecular weight is 373 g/mol. The third-order valence-electron chi connectivity index (χ3n) is 4.37.